The van der Waals surface area contributed by atoms with E-state index in [1.165, 1.54) is 0 Å². The van der Waals surface area contributed by atoms with Crippen molar-refractivity contribution in [2.75, 3.05) is 6.54 Å². The Morgan fingerprint density at radius 1 is 1.60 bits per heavy atom. The van der Waals surface area contributed by atoms with E-state index in [0.717, 1.165) is 0 Å². The number of nitrogens with one attached hydrogen (secondary N) is 2. The lowest BCUT2D eigenvalue weighted by Crippen LogP contribution is -2.45. The van der Waals surface area contributed by atoms with Gasteiger partial charge < -0.3 is 20.8 Å². The highest BCUT2D eigenvalue weighted by Crippen LogP contribution is 2.05. The van der Waals surface area contributed by atoms with Crippen molar-refractivity contribution in [1.29, 1.82) is 0 Å². The van der Waals surface area contributed by atoms with Gasteiger partial charge in [0.05, 0.1) is 6.54 Å². The van der Waals surface area contributed by atoms with E-state index in [-0.39, 0.29) is 12.5 Å². The number of carbonyl (C=O) groups is 3. The maximum atomic E-state index is 11.3. The maximum Gasteiger partial charge on any atom is 0.334 e. The molecule has 0 saturated carbocycles. The van der Waals surface area contributed by atoms with Gasteiger partial charge in [0, 0.05) is 6.42 Å². The van der Waals surface area contributed by atoms with Gasteiger partial charge in [-0.15, -0.1) is 0 Å². The van der Waals surface area contributed by atoms with E-state index in [0.29, 0.717) is 12.8 Å². The molecule has 1 saturated heterocycles. The van der Waals surface area contributed by atoms with Crippen LogP contribution in [-0.4, -0.2) is 46.7 Å². The van der Waals surface area contributed by atoms with Crippen molar-refractivity contribution in [1.82, 2.24) is 10.6 Å². The Hall–Kier alpha value is -1.63. The summed E-state index contributed by atoms with van der Waals surface area (Å²) in [5.41, 5.74) is 0. The third kappa shape index (κ3) is 3.21. The zero-order valence-corrected chi connectivity index (χ0v) is 7.90. The molecule has 1 fully saturated rings. The fourth-order valence-electron chi connectivity index (χ4n) is 1.22. The number of hydrogen-bond donors (Lipinski definition) is 4. The summed E-state index contributed by atoms with van der Waals surface area (Å²) in [4.78, 5) is 32.3. The number of rotatable bonds is 4. The molecule has 84 valence electrons. The second-order valence-electron chi connectivity index (χ2n) is 3.26. The first-order valence-corrected chi connectivity index (χ1v) is 4.48. The van der Waals surface area contributed by atoms with E-state index in [1.807, 2.05) is 0 Å². The smallest absolute Gasteiger partial charge is 0.334 e. The maximum absolute atomic E-state index is 11.3. The van der Waals surface area contributed by atoms with Gasteiger partial charge >= 0.3 is 5.97 Å². The average molecular weight is 216 g/mol. The van der Waals surface area contributed by atoms with Crippen LogP contribution in [0.25, 0.3) is 0 Å². The van der Waals surface area contributed by atoms with Crippen LogP contribution in [0.5, 0.6) is 0 Å². The quantitative estimate of drug-likeness (QED) is 0.426. The molecule has 1 aliphatic rings. The second kappa shape index (κ2) is 4.74. The molecule has 0 aliphatic carbocycles. The molecular weight excluding hydrogens is 204 g/mol. The minimum Gasteiger partial charge on any atom is -0.479 e. The van der Waals surface area contributed by atoms with Gasteiger partial charge in [-0.05, 0) is 6.42 Å². The summed E-state index contributed by atoms with van der Waals surface area (Å²) in [5, 5.41) is 21.9. The standard InChI is InChI=1S/C8H12N2O5/c11-5(8(14)15)3-9-7(13)4-1-2-6(12)10-4/h4-5,11H,1-3H2,(H,9,13)(H,10,12)(H,14,15)/t4-,5-/m0/s1. The number of aliphatic hydroxyl groups is 1. The molecule has 4 N–H and O–H groups in total. The summed E-state index contributed by atoms with van der Waals surface area (Å²) in [7, 11) is 0. The highest BCUT2D eigenvalue weighted by molar-refractivity contribution is 5.91. The molecular formula is C8H12N2O5. The van der Waals surface area contributed by atoms with Crippen molar-refractivity contribution in [2.24, 2.45) is 0 Å². The Bertz CT molecular complexity index is 291. The van der Waals surface area contributed by atoms with Crippen LogP contribution in [0.15, 0.2) is 0 Å². The predicted octanol–water partition coefficient (Wildman–Crippen LogP) is -2.17. The molecule has 0 radical (unpaired) electrons. The average Bonchev–Trinajstić information content (AvgIpc) is 2.60. The molecule has 0 aromatic carbocycles. The van der Waals surface area contributed by atoms with Crippen LogP contribution >= 0.6 is 0 Å². The number of aliphatic hydroxyl groups excluding tert-OH is 1. The second-order valence-corrected chi connectivity index (χ2v) is 3.26. The molecule has 15 heavy (non-hydrogen) atoms. The van der Waals surface area contributed by atoms with Crippen LogP contribution in [-0.2, 0) is 14.4 Å². The Labute approximate surface area is 85.5 Å². The molecule has 1 aliphatic heterocycles. The zero-order valence-electron chi connectivity index (χ0n) is 7.90. The topological polar surface area (TPSA) is 116 Å². The molecule has 0 aromatic rings. The molecule has 7 nitrogen and oxygen atoms in total. The Morgan fingerprint density at radius 3 is 2.73 bits per heavy atom. The molecule has 1 rings (SSSR count). The largest absolute Gasteiger partial charge is 0.479 e. The number of carboxylic acids is 1. The lowest BCUT2D eigenvalue weighted by Gasteiger charge is -2.11. The van der Waals surface area contributed by atoms with Gasteiger partial charge in [0.15, 0.2) is 6.10 Å². The van der Waals surface area contributed by atoms with Crippen molar-refractivity contribution in [3.05, 3.63) is 0 Å². The van der Waals surface area contributed by atoms with Gasteiger partial charge in [-0.3, -0.25) is 9.59 Å². The summed E-state index contributed by atoms with van der Waals surface area (Å²) >= 11 is 0. The third-order valence-corrected chi connectivity index (χ3v) is 2.07. The zero-order chi connectivity index (χ0) is 11.4. The molecule has 0 unspecified atom stereocenters. The van der Waals surface area contributed by atoms with Crippen molar-refractivity contribution in [2.45, 2.75) is 25.0 Å². The summed E-state index contributed by atoms with van der Waals surface area (Å²) in [5.74, 6) is -2.07. The van der Waals surface area contributed by atoms with Gasteiger partial charge in [0.2, 0.25) is 11.8 Å². The minimum absolute atomic E-state index is 0.200. The molecule has 2 amide bonds. The SMILES string of the molecule is O=C1CC[C@@H](C(=O)NC[C@H](O)C(=O)O)N1. The minimum atomic E-state index is -1.62. The highest BCUT2D eigenvalue weighted by atomic mass is 16.4. The van der Waals surface area contributed by atoms with E-state index in [2.05, 4.69) is 10.6 Å². The van der Waals surface area contributed by atoms with Gasteiger partial charge in [0.25, 0.3) is 0 Å². The molecule has 0 spiro atoms. The van der Waals surface area contributed by atoms with Gasteiger partial charge in [-0.2, -0.15) is 0 Å². The molecule has 0 bridgehead atoms. The van der Waals surface area contributed by atoms with E-state index in [4.69, 9.17) is 10.2 Å². The van der Waals surface area contributed by atoms with Crippen molar-refractivity contribution in [3.63, 3.8) is 0 Å². The Balaban J connectivity index is 2.30. The Morgan fingerprint density at radius 2 is 2.27 bits per heavy atom. The number of carbonyl (C=O) groups excluding carboxylic acids is 2. The predicted molar refractivity (Wildman–Crippen MR) is 47.8 cm³/mol. The fraction of sp³-hybridized carbons (Fsp3) is 0.625. The molecule has 1 heterocycles. The lowest BCUT2D eigenvalue weighted by molar-refractivity contribution is -0.146. The first kappa shape index (κ1) is 11.4. The molecule has 7 heteroatoms. The third-order valence-electron chi connectivity index (χ3n) is 2.07. The number of amides is 2. The van der Waals surface area contributed by atoms with Crippen LogP contribution in [0.3, 0.4) is 0 Å². The summed E-state index contributed by atoms with van der Waals surface area (Å²) in [6, 6.07) is -0.613. The molecule has 2 atom stereocenters. The van der Waals surface area contributed by atoms with Gasteiger partial charge in [-0.1, -0.05) is 0 Å². The van der Waals surface area contributed by atoms with E-state index in [1.54, 1.807) is 0 Å². The summed E-state index contributed by atoms with van der Waals surface area (Å²) in [6.07, 6.45) is -0.931. The Kier molecular flexibility index (Phi) is 3.62. The first-order valence-electron chi connectivity index (χ1n) is 4.48. The van der Waals surface area contributed by atoms with Crippen LogP contribution < -0.4 is 10.6 Å². The van der Waals surface area contributed by atoms with Crippen molar-refractivity contribution in [3.8, 4) is 0 Å². The normalized spacial score (nSPS) is 21.9. The summed E-state index contributed by atoms with van der Waals surface area (Å²) in [6.45, 7) is -0.361. The van der Waals surface area contributed by atoms with E-state index in [9.17, 15) is 14.4 Å². The number of aliphatic carboxylic acids is 1. The van der Waals surface area contributed by atoms with E-state index >= 15 is 0 Å². The van der Waals surface area contributed by atoms with Crippen LogP contribution in [0.4, 0.5) is 0 Å². The fourth-order valence-corrected chi connectivity index (χ4v) is 1.22. The van der Waals surface area contributed by atoms with Crippen LogP contribution in [0.2, 0.25) is 0 Å². The van der Waals surface area contributed by atoms with Crippen molar-refractivity contribution >= 4 is 17.8 Å². The van der Waals surface area contributed by atoms with Gasteiger partial charge in [-0.25, -0.2) is 4.79 Å². The number of carboxylic acid groups (broad SMARTS) is 1. The lowest BCUT2D eigenvalue weighted by atomic mass is 10.2. The highest BCUT2D eigenvalue weighted by Gasteiger charge is 2.27. The monoisotopic (exact) mass is 216 g/mol. The summed E-state index contributed by atoms with van der Waals surface area (Å²) < 4.78 is 0. The number of hydrogen-bond acceptors (Lipinski definition) is 4. The van der Waals surface area contributed by atoms with Crippen LogP contribution in [0, 0.1) is 0 Å². The van der Waals surface area contributed by atoms with Crippen molar-refractivity contribution < 1.29 is 24.6 Å². The van der Waals surface area contributed by atoms with Crippen LogP contribution in [0.1, 0.15) is 12.8 Å². The molecule has 0 aromatic heterocycles. The van der Waals surface area contributed by atoms with Gasteiger partial charge in [0.1, 0.15) is 6.04 Å². The first-order chi connectivity index (χ1) is 7.00. The van der Waals surface area contributed by atoms with E-state index < -0.39 is 24.0 Å².